The van der Waals surface area contributed by atoms with Gasteiger partial charge in [0.05, 0.1) is 18.7 Å². The number of amides is 4. The van der Waals surface area contributed by atoms with Crippen LogP contribution < -0.4 is 10.2 Å². The number of carbonyl (C=O) groups is 3. The van der Waals surface area contributed by atoms with E-state index in [0.717, 1.165) is 17.7 Å². The monoisotopic (exact) mass is 680 g/mol. The van der Waals surface area contributed by atoms with E-state index < -0.39 is 35.9 Å². The Labute approximate surface area is 284 Å². The average molecular weight is 681 g/mol. The third kappa shape index (κ3) is 8.10. The fraction of sp³-hybridized carbons (Fsp3) is 0.417. The summed E-state index contributed by atoms with van der Waals surface area (Å²) in [6.07, 6.45) is -4.82. The highest BCUT2D eigenvalue weighted by atomic mass is 19.4. The number of nitrogens with one attached hydrogen (secondary N) is 1. The van der Waals surface area contributed by atoms with Gasteiger partial charge in [-0.05, 0) is 67.3 Å². The van der Waals surface area contributed by atoms with E-state index in [9.17, 15) is 32.7 Å². The molecule has 10 nitrogen and oxygen atoms in total. The van der Waals surface area contributed by atoms with Crippen LogP contribution >= 0.6 is 0 Å². The maximum atomic E-state index is 14.3. The zero-order chi connectivity index (χ0) is 35.5. The van der Waals surface area contributed by atoms with Crippen molar-refractivity contribution >= 4 is 23.5 Å². The van der Waals surface area contributed by atoms with Gasteiger partial charge in [-0.2, -0.15) is 13.2 Å². The molecule has 2 aliphatic heterocycles. The number of piperazine rings is 1. The minimum absolute atomic E-state index is 0.0375. The van der Waals surface area contributed by atoms with Crippen LogP contribution in [0.25, 0.3) is 0 Å². The van der Waals surface area contributed by atoms with Gasteiger partial charge in [-0.15, -0.1) is 0 Å². The molecule has 0 spiro atoms. The standard InChI is InChI=1S/C36H43F3N6O4/c1-5-15-43-23-33(47)44-31(18-25-11-13-30(46)14-12-25)34(48)42(22-32(44)45(43)35(49)40-20-26-9-7-6-8-10-26)21-27-16-28(36(37,38)39)19-29(17-27)41(4)24(2)3/h6-14,16-17,19,24,31-32,46H,5,15,18,20-23H2,1-4H3,(H,40,49)/t31-,32-/m0/s1. The van der Waals surface area contributed by atoms with Gasteiger partial charge in [0.1, 0.15) is 18.0 Å². The summed E-state index contributed by atoms with van der Waals surface area (Å²) in [5, 5.41) is 16.0. The number of aromatic hydroxyl groups is 1. The number of nitrogens with zero attached hydrogens (tertiary/aromatic N) is 5. The molecule has 5 rings (SSSR count). The molecule has 262 valence electrons. The van der Waals surface area contributed by atoms with Crippen molar-refractivity contribution in [2.24, 2.45) is 0 Å². The molecule has 0 radical (unpaired) electrons. The fourth-order valence-corrected chi connectivity index (χ4v) is 6.35. The number of hydrazine groups is 1. The van der Waals surface area contributed by atoms with Crippen LogP contribution in [0.1, 0.15) is 49.4 Å². The predicted molar refractivity (Wildman–Crippen MR) is 179 cm³/mol. The number of fused-ring (bicyclic) bond motifs is 1. The van der Waals surface area contributed by atoms with Crippen LogP contribution in [0.15, 0.2) is 72.8 Å². The molecule has 2 saturated heterocycles. The van der Waals surface area contributed by atoms with E-state index >= 15 is 0 Å². The average Bonchev–Trinajstić information content (AvgIpc) is 3.06. The Morgan fingerprint density at radius 1 is 1.00 bits per heavy atom. The molecule has 3 aromatic carbocycles. The molecule has 2 atom stereocenters. The van der Waals surface area contributed by atoms with Crippen LogP contribution in [0.2, 0.25) is 0 Å². The summed E-state index contributed by atoms with van der Waals surface area (Å²) in [4.78, 5) is 46.8. The molecule has 2 fully saturated rings. The molecular formula is C36H43F3N6O4. The lowest BCUT2D eigenvalue weighted by molar-refractivity contribution is -0.191. The topological polar surface area (TPSA) is 99.7 Å². The first-order valence-electron chi connectivity index (χ1n) is 16.4. The normalized spacial score (nSPS) is 18.6. The van der Waals surface area contributed by atoms with Gasteiger partial charge in [-0.1, -0.05) is 49.4 Å². The van der Waals surface area contributed by atoms with Gasteiger partial charge < -0.3 is 25.1 Å². The Kier molecular flexibility index (Phi) is 10.7. The van der Waals surface area contributed by atoms with Crippen LogP contribution in [-0.2, 0) is 35.3 Å². The van der Waals surface area contributed by atoms with Gasteiger partial charge in [0.25, 0.3) is 0 Å². The SMILES string of the molecule is CCCN1CC(=O)N2[C@@H](Cc3ccc(O)cc3)C(=O)N(Cc3cc(N(C)C(C)C)cc(C(F)(F)F)c3)C[C@@H]2N1C(=O)NCc1ccccc1. The second kappa shape index (κ2) is 14.8. The second-order valence-electron chi connectivity index (χ2n) is 12.9. The number of carbonyl (C=O) groups excluding carboxylic acids is 3. The number of hydrogen-bond acceptors (Lipinski definition) is 6. The number of benzene rings is 3. The summed E-state index contributed by atoms with van der Waals surface area (Å²) in [7, 11) is 1.71. The van der Waals surface area contributed by atoms with Gasteiger partial charge in [0.2, 0.25) is 11.8 Å². The molecule has 0 unspecified atom stereocenters. The van der Waals surface area contributed by atoms with Crippen molar-refractivity contribution in [3.05, 3.63) is 95.1 Å². The van der Waals surface area contributed by atoms with E-state index in [1.165, 1.54) is 26.9 Å². The maximum absolute atomic E-state index is 14.3. The Morgan fingerprint density at radius 3 is 2.33 bits per heavy atom. The van der Waals surface area contributed by atoms with Gasteiger partial charge in [0.15, 0.2) is 0 Å². The Balaban J connectivity index is 1.54. The minimum atomic E-state index is -4.61. The Bertz CT molecular complexity index is 1640. The van der Waals surface area contributed by atoms with Gasteiger partial charge in [-0.3, -0.25) is 9.59 Å². The summed E-state index contributed by atoms with van der Waals surface area (Å²) < 4.78 is 42.3. The smallest absolute Gasteiger partial charge is 0.416 e. The van der Waals surface area contributed by atoms with Crippen LogP contribution in [0.3, 0.4) is 0 Å². The van der Waals surface area contributed by atoms with Crippen molar-refractivity contribution in [3.63, 3.8) is 0 Å². The lowest BCUT2D eigenvalue weighted by Gasteiger charge is -2.55. The van der Waals surface area contributed by atoms with Gasteiger partial charge >= 0.3 is 12.2 Å². The summed E-state index contributed by atoms with van der Waals surface area (Å²) in [6.45, 7) is 5.89. The van der Waals surface area contributed by atoms with Crippen molar-refractivity contribution < 1.29 is 32.7 Å². The van der Waals surface area contributed by atoms with Crippen molar-refractivity contribution in [2.45, 2.75) is 71.1 Å². The molecule has 0 aliphatic carbocycles. The number of phenolic OH excluding ortho intramolecular Hbond substituents is 1. The number of alkyl halides is 3. The third-order valence-corrected chi connectivity index (χ3v) is 9.03. The van der Waals surface area contributed by atoms with Crippen LogP contribution in [0, 0.1) is 0 Å². The van der Waals surface area contributed by atoms with E-state index in [-0.39, 0.29) is 55.9 Å². The molecule has 4 amide bonds. The molecule has 2 aliphatic rings. The third-order valence-electron chi connectivity index (χ3n) is 9.03. The van der Waals surface area contributed by atoms with E-state index in [1.54, 1.807) is 35.2 Å². The highest BCUT2D eigenvalue weighted by Gasteiger charge is 2.51. The van der Waals surface area contributed by atoms with Gasteiger partial charge in [0, 0.05) is 44.8 Å². The number of hydrogen-bond donors (Lipinski definition) is 2. The zero-order valence-electron chi connectivity index (χ0n) is 28.2. The summed E-state index contributed by atoms with van der Waals surface area (Å²) in [5.41, 5.74) is 1.34. The lowest BCUT2D eigenvalue weighted by Crippen LogP contribution is -2.76. The molecule has 2 heterocycles. The van der Waals surface area contributed by atoms with Crippen LogP contribution in [0.5, 0.6) is 5.75 Å². The molecular weight excluding hydrogens is 637 g/mol. The van der Waals surface area contributed by atoms with Crippen molar-refractivity contribution in [2.75, 3.05) is 31.6 Å². The number of halogens is 3. The highest BCUT2D eigenvalue weighted by Crippen LogP contribution is 2.35. The van der Waals surface area contributed by atoms with Crippen molar-refractivity contribution in [1.29, 1.82) is 0 Å². The zero-order valence-corrected chi connectivity index (χ0v) is 28.2. The molecule has 13 heteroatoms. The predicted octanol–water partition coefficient (Wildman–Crippen LogP) is 5.22. The summed E-state index contributed by atoms with van der Waals surface area (Å²) >= 11 is 0. The molecule has 0 bridgehead atoms. The van der Waals surface area contributed by atoms with E-state index in [1.807, 2.05) is 51.1 Å². The summed E-state index contributed by atoms with van der Waals surface area (Å²) in [6, 6.07) is 17.8. The van der Waals surface area contributed by atoms with E-state index in [4.69, 9.17) is 0 Å². The fourth-order valence-electron chi connectivity index (χ4n) is 6.35. The van der Waals surface area contributed by atoms with Crippen molar-refractivity contribution in [3.8, 4) is 5.75 Å². The summed E-state index contributed by atoms with van der Waals surface area (Å²) in [5.74, 6) is -0.736. The first-order valence-corrected chi connectivity index (χ1v) is 16.4. The lowest BCUT2D eigenvalue weighted by atomic mass is 9.98. The molecule has 0 aromatic heterocycles. The largest absolute Gasteiger partial charge is 0.508 e. The number of urea groups is 1. The number of anilines is 1. The highest BCUT2D eigenvalue weighted by molar-refractivity contribution is 5.91. The molecule has 49 heavy (non-hydrogen) atoms. The molecule has 2 N–H and O–H groups in total. The van der Waals surface area contributed by atoms with Crippen molar-refractivity contribution in [1.82, 2.24) is 25.1 Å². The maximum Gasteiger partial charge on any atom is 0.416 e. The van der Waals surface area contributed by atoms with Gasteiger partial charge in [-0.25, -0.2) is 14.8 Å². The van der Waals surface area contributed by atoms with Crippen LogP contribution in [0.4, 0.5) is 23.7 Å². The second-order valence-corrected chi connectivity index (χ2v) is 12.9. The molecule has 0 saturated carbocycles. The van der Waals surface area contributed by atoms with E-state index in [0.29, 0.717) is 24.2 Å². The first kappa shape index (κ1) is 35.5. The Morgan fingerprint density at radius 2 is 1.69 bits per heavy atom. The van der Waals surface area contributed by atoms with Crippen LogP contribution in [-0.4, -0.2) is 87.7 Å². The quantitative estimate of drug-likeness (QED) is 0.305. The first-order chi connectivity index (χ1) is 23.3. The number of rotatable bonds is 10. The number of phenols is 1. The van der Waals surface area contributed by atoms with E-state index in [2.05, 4.69) is 5.32 Å². The minimum Gasteiger partial charge on any atom is -0.508 e. The molecule has 3 aromatic rings. The Hall–Kier alpha value is -4.78.